The lowest BCUT2D eigenvalue weighted by molar-refractivity contribution is -0.132. The van der Waals surface area contributed by atoms with E-state index >= 15 is 0 Å². The molecule has 1 aliphatic carbocycles. The summed E-state index contributed by atoms with van der Waals surface area (Å²) in [6.45, 7) is 8.56. The Hall–Kier alpha value is -2.11. The summed E-state index contributed by atoms with van der Waals surface area (Å²) in [7, 11) is 0. The van der Waals surface area contributed by atoms with Crippen LogP contribution in [0, 0.1) is 5.92 Å². The Morgan fingerprint density at radius 2 is 2.12 bits per heavy atom. The molecule has 4 rings (SSSR count). The Kier molecular flexibility index (Phi) is 4.13. The molecule has 0 aromatic carbocycles. The van der Waals surface area contributed by atoms with Crippen molar-refractivity contribution in [2.24, 2.45) is 5.92 Å². The third-order valence-corrected chi connectivity index (χ3v) is 5.39. The lowest BCUT2D eigenvalue weighted by Crippen LogP contribution is -2.39. The van der Waals surface area contributed by atoms with Crippen LogP contribution in [-0.2, 0) is 24.3 Å². The van der Waals surface area contributed by atoms with Crippen molar-refractivity contribution in [1.29, 1.82) is 0 Å². The van der Waals surface area contributed by atoms with Crippen molar-refractivity contribution < 1.29 is 9.21 Å². The van der Waals surface area contributed by atoms with E-state index in [2.05, 4.69) is 41.6 Å². The highest BCUT2D eigenvalue weighted by molar-refractivity contribution is 5.76. The zero-order valence-electron chi connectivity index (χ0n) is 15.2. The first-order chi connectivity index (χ1) is 12.0. The number of amides is 1. The minimum atomic E-state index is 0.165. The van der Waals surface area contributed by atoms with Crippen LogP contribution in [0.5, 0.6) is 0 Å². The number of aryl methyl sites for hydroxylation is 1. The Labute approximate surface area is 148 Å². The molecule has 0 saturated heterocycles. The molecule has 1 saturated carbocycles. The quantitative estimate of drug-likeness (QED) is 0.837. The largest absolute Gasteiger partial charge is 0.466 e. The summed E-state index contributed by atoms with van der Waals surface area (Å²) in [6, 6.07) is 4.10. The summed E-state index contributed by atoms with van der Waals surface area (Å²) < 4.78 is 8.06. The highest BCUT2D eigenvalue weighted by Crippen LogP contribution is 2.47. The third-order valence-electron chi connectivity index (χ3n) is 5.39. The highest BCUT2D eigenvalue weighted by Gasteiger charge is 2.36. The van der Waals surface area contributed by atoms with Crippen LogP contribution in [0.4, 0.5) is 0 Å². The molecule has 25 heavy (non-hydrogen) atoms. The van der Waals surface area contributed by atoms with E-state index in [0.717, 1.165) is 42.2 Å². The Morgan fingerprint density at radius 3 is 2.84 bits per heavy atom. The molecule has 3 heterocycles. The second kappa shape index (κ2) is 6.32. The number of aromatic nitrogens is 3. The van der Waals surface area contributed by atoms with Gasteiger partial charge in [-0.3, -0.25) is 4.79 Å². The number of rotatable bonds is 5. The summed E-state index contributed by atoms with van der Waals surface area (Å²) in [5.74, 6) is 5.76. The standard InChI is InChI=1S/C19H26N4O2/c1-12(2)19-21-20-17-11-22(8-9-23(17)19)18(24)7-5-14-4-6-16(25-14)15-10-13(15)3/h4,6,12-13,15H,5,7-11H2,1-3H3/t13-,15+/m1/s1. The summed E-state index contributed by atoms with van der Waals surface area (Å²) in [5.41, 5.74) is 0. The predicted octanol–water partition coefficient (Wildman–Crippen LogP) is 3.09. The van der Waals surface area contributed by atoms with Crippen molar-refractivity contribution in [3.8, 4) is 0 Å². The first-order valence-corrected chi connectivity index (χ1v) is 9.31. The molecule has 1 amide bonds. The van der Waals surface area contributed by atoms with Crippen molar-refractivity contribution >= 4 is 5.91 Å². The second-order valence-electron chi connectivity index (χ2n) is 7.72. The van der Waals surface area contributed by atoms with E-state index in [1.807, 2.05) is 11.0 Å². The van der Waals surface area contributed by atoms with Crippen molar-refractivity contribution in [3.05, 3.63) is 35.3 Å². The van der Waals surface area contributed by atoms with Gasteiger partial charge in [0.2, 0.25) is 5.91 Å². The predicted molar refractivity (Wildman–Crippen MR) is 93.1 cm³/mol. The number of hydrogen-bond donors (Lipinski definition) is 0. The average molecular weight is 342 g/mol. The van der Waals surface area contributed by atoms with Gasteiger partial charge in [-0.2, -0.15) is 0 Å². The first kappa shape index (κ1) is 16.4. The van der Waals surface area contributed by atoms with E-state index in [9.17, 15) is 4.79 Å². The SMILES string of the molecule is CC(C)c1nnc2n1CCN(C(=O)CCc1ccc([C@H]3C[C@H]3C)o1)C2. The van der Waals surface area contributed by atoms with E-state index in [1.54, 1.807) is 0 Å². The van der Waals surface area contributed by atoms with Crippen LogP contribution in [0.2, 0.25) is 0 Å². The van der Waals surface area contributed by atoms with Gasteiger partial charge in [0.05, 0.1) is 6.54 Å². The zero-order chi connectivity index (χ0) is 17.6. The molecule has 2 aliphatic rings. The molecular weight excluding hydrogens is 316 g/mol. The van der Waals surface area contributed by atoms with Crippen molar-refractivity contribution in [1.82, 2.24) is 19.7 Å². The summed E-state index contributed by atoms with van der Waals surface area (Å²) in [5, 5.41) is 8.54. The molecule has 6 heteroatoms. The first-order valence-electron chi connectivity index (χ1n) is 9.31. The molecule has 134 valence electrons. The smallest absolute Gasteiger partial charge is 0.223 e. The number of furan rings is 1. The van der Waals surface area contributed by atoms with Gasteiger partial charge in [0.25, 0.3) is 0 Å². The van der Waals surface area contributed by atoms with Crippen LogP contribution in [0.3, 0.4) is 0 Å². The van der Waals surface area contributed by atoms with Crippen LogP contribution < -0.4 is 0 Å². The van der Waals surface area contributed by atoms with Gasteiger partial charge in [0.15, 0.2) is 5.82 Å². The monoisotopic (exact) mass is 342 g/mol. The maximum Gasteiger partial charge on any atom is 0.223 e. The summed E-state index contributed by atoms with van der Waals surface area (Å²) in [6.07, 6.45) is 2.37. The lowest BCUT2D eigenvalue weighted by atomic mass is 10.2. The molecule has 0 bridgehead atoms. The van der Waals surface area contributed by atoms with Crippen LogP contribution in [0.1, 0.15) is 68.6 Å². The maximum absolute atomic E-state index is 12.6. The molecule has 2 atom stereocenters. The van der Waals surface area contributed by atoms with Crippen molar-refractivity contribution in [2.75, 3.05) is 6.54 Å². The normalized spacial score (nSPS) is 22.3. The molecule has 0 radical (unpaired) electrons. The number of carbonyl (C=O) groups is 1. The maximum atomic E-state index is 12.6. The second-order valence-corrected chi connectivity index (χ2v) is 7.72. The van der Waals surface area contributed by atoms with Gasteiger partial charge in [0, 0.05) is 37.8 Å². The number of nitrogens with zero attached hydrogens (tertiary/aromatic N) is 4. The molecule has 2 aromatic rings. The van der Waals surface area contributed by atoms with Gasteiger partial charge in [-0.25, -0.2) is 0 Å². The molecule has 0 N–H and O–H groups in total. The Morgan fingerprint density at radius 1 is 1.32 bits per heavy atom. The van der Waals surface area contributed by atoms with E-state index in [-0.39, 0.29) is 5.91 Å². The summed E-state index contributed by atoms with van der Waals surface area (Å²) >= 11 is 0. The molecule has 6 nitrogen and oxygen atoms in total. The van der Waals surface area contributed by atoms with Gasteiger partial charge in [-0.05, 0) is 24.5 Å². The molecular formula is C19H26N4O2. The lowest BCUT2D eigenvalue weighted by Gasteiger charge is -2.28. The van der Waals surface area contributed by atoms with Crippen LogP contribution in [0.15, 0.2) is 16.5 Å². The van der Waals surface area contributed by atoms with E-state index < -0.39 is 0 Å². The van der Waals surface area contributed by atoms with Gasteiger partial charge in [0.1, 0.15) is 17.3 Å². The Balaban J connectivity index is 1.33. The molecule has 0 spiro atoms. The minimum Gasteiger partial charge on any atom is -0.466 e. The van der Waals surface area contributed by atoms with Crippen molar-refractivity contribution in [2.45, 2.75) is 65.0 Å². The van der Waals surface area contributed by atoms with Crippen LogP contribution in [0.25, 0.3) is 0 Å². The van der Waals surface area contributed by atoms with Crippen LogP contribution >= 0.6 is 0 Å². The fraction of sp³-hybridized carbons (Fsp3) is 0.632. The van der Waals surface area contributed by atoms with E-state index in [1.165, 1.54) is 6.42 Å². The van der Waals surface area contributed by atoms with Gasteiger partial charge in [-0.15, -0.1) is 10.2 Å². The van der Waals surface area contributed by atoms with E-state index in [0.29, 0.717) is 31.2 Å². The number of carbonyl (C=O) groups excluding carboxylic acids is 1. The molecule has 0 unspecified atom stereocenters. The number of fused-ring (bicyclic) bond motifs is 1. The number of hydrogen-bond acceptors (Lipinski definition) is 4. The fourth-order valence-corrected chi connectivity index (χ4v) is 3.66. The molecule has 1 fully saturated rings. The average Bonchev–Trinajstić information content (AvgIpc) is 3.03. The molecule has 1 aliphatic heterocycles. The van der Waals surface area contributed by atoms with Crippen molar-refractivity contribution in [3.63, 3.8) is 0 Å². The fourth-order valence-electron chi connectivity index (χ4n) is 3.66. The zero-order valence-corrected chi connectivity index (χ0v) is 15.2. The van der Waals surface area contributed by atoms with E-state index in [4.69, 9.17) is 4.42 Å². The topological polar surface area (TPSA) is 64.2 Å². The van der Waals surface area contributed by atoms with Gasteiger partial charge in [-0.1, -0.05) is 20.8 Å². The summed E-state index contributed by atoms with van der Waals surface area (Å²) in [4.78, 5) is 14.4. The van der Waals surface area contributed by atoms with Gasteiger partial charge < -0.3 is 13.9 Å². The highest BCUT2D eigenvalue weighted by atomic mass is 16.3. The Bertz CT molecular complexity index is 776. The minimum absolute atomic E-state index is 0.165. The molecule has 2 aromatic heterocycles. The third kappa shape index (κ3) is 3.22. The van der Waals surface area contributed by atoms with Crippen LogP contribution in [-0.4, -0.2) is 32.1 Å². The van der Waals surface area contributed by atoms with Gasteiger partial charge >= 0.3 is 0 Å².